The molecule has 2 atom stereocenters. The fourth-order valence-corrected chi connectivity index (χ4v) is 7.19. The molecule has 2 unspecified atom stereocenters. The third kappa shape index (κ3) is 5.44. The lowest BCUT2D eigenvalue weighted by Gasteiger charge is -2.35. The maximum absolute atomic E-state index is 15.2. The van der Waals surface area contributed by atoms with Crippen LogP contribution < -0.4 is 4.90 Å². The molecule has 0 aliphatic carbocycles. The number of hydrogen-bond acceptors (Lipinski definition) is 4. The molecule has 2 heterocycles. The first-order valence-electron chi connectivity index (χ1n) is 12.1. The smallest absolute Gasteiger partial charge is 0.219 e. The number of nitrogens with zero attached hydrogens (tertiary/aromatic N) is 3. The molecule has 0 spiro atoms. The molecule has 0 aromatic heterocycles. The summed E-state index contributed by atoms with van der Waals surface area (Å²) >= 11 is 0. The van der Waals surface area contributed by atoms with Crippen molar-refractivity contribution >= 4 is 21.6 Å². The minimum Gasteiger partial charge on any atom is -0.368 e. The summed E-state index contributed by atoms with van der Waals surface area (Å²) < 4.78 is 43.9. The Labute approximate surface area is 202 Å². The van der Waals surface area contributed by atoms with E-state index in [0.717, 1.165) is 24.1 Å². The van der Waals surface area contributed by atoms with Crippen LogP contribution in [0.15, 0.2) is 48.5 Å². The number of benzene rings is 2. The molecule has 2 aliphatic rings. The van der Waals surface area contributed by atoms with Crippen molar-refractivity contribution in [2.75, 3.05) is 31.1 Å². The summed E-state index contributed by atoms with van der Waals surface area (Å²) in [4.78, 5) is 15.4. The second-order valence-corrected chi connectivity index (χ2v) is 11.6. The van der Waals surface area contributed by atoms with Crippen molar-refractivity contribution in [3.63, 3.8) is 0 Å². The Morgan fingerprint density at radius 2 is 1.74 bits per heavy atom. The Morgan fingerprint density at radius 1 is 1.03 bits per heavy atom. The zero-order valence-electron chi connectivity index (χ0n) is 20.0. The van der Waals surface area contributed by atoms with Gasteiger partial charge in [-0.2, -0.15) is 4.31 Å². The van der Waals surface area contributed by atoms with Gasteiger partial charge in [0.25, 0.3) is 0 Å². The van der Waals surface area contributed by atoms with Crippen LogP contribution in [0.3, 0.4) is 0 Å². The largest absolute Gasteiger partial charge is 0.368 e. The maximum atomic E-state index is 15.2. The van der Waals surface area contributed by atoms with Crippen LogP contribution in [0.1, 0.15) is 44.2 Å². The maximum Gasteiger partial charge on any atom is 0.219 e. The molecule has 4 rings (SSSR count). The summed E-state index contributed by atoms with van der Waals surface area (Å²) in [6, 6.07) is 14.6. The molecule has 184 valence electrons. The highest BCUT2D eigenvalue weighted by Crippen LogP contribution is 2.30. The number of sulfonamides is 1. The number of hydrogen-bond donors (Lipinski definition) is 0. The average Bonchev–Trinajstić information content (AvgIpc) is 2.92. The first-order valence-corrected chi connectivity index (χ1v) is 13.6. The van der Waals surface area contributed by atoms with Gasteiger partial charge in [0, 0.05) is 56.9 Å². The predicted octanol–water partition coefficient (Wildman–Crippen LogP) is 3.81. The number of amides is 1. The van der Waals surface area contributed by atoms with Crippen molar-refractivity contribution in [2.24, 2.45) is 0 Å². The molecule has 0 bridgehead atoms. The van der Waals surface area contributed by atoms with E-state index in [1.54, 1.807) is 17.9 Å². The second kappa shape index (κ2) is 10.4. The summed E-state index contributed by atoms with van der Waals surface area (Å²) in [5.41, 5.74) is 2.16. The third-order valence-corrected chi connectivity index (χ3v) is 9.53. The van der Waals surface area contributed by atoms with E-state index in [1.165, 1.54) is 10.4 Å². The van der Waals surface area contributed by atoms with Crippen LogP contribution in [0.25, 0.3) is 0 Å². The SMILES string of the molecule is CC(=O)N1CCN(c2ccc(CN3C(C)CCCC(Cc4ccccc4)S3(=O)=O)c(F)c2)CC1. The van der Waals surface area contributed by atoms with Crippen LogP contribution in [-0.4, -0.2) is 61.0 Å². The molecule has 6 nitrogen and oxygen atoms in total. The van der Waals surface area contributed by atoms with E-state index in [4.69, 9.17) is 0 Å². The Morgan fingerprint density at radius 3 is 2.38 bits per heavy atom. The van der Waals surface area contributed by atoms with Crippen molar-refractivity contribution in [3.05, 3.63) is 65.5 Å². The topological polar surface area (TPSA) is 60.9 Å². The van der Waals surface area contributed by atoms with E-state index in [1.807, 2.05) is 43.3 Å². The Kier molecular flexibility index (Phi) is 7.57. The second-order valence-electron chi connectivity index (χ2n) is 9.45. The van der Waals surface area contributed by atoms with Crippen molar-refractivity contribution in [1.29, 1.82) is 0 Å². The van der Waals surface area contributed by atoms with Gasteiger partial charge >= 0.3 is 0 Å². The van der Waals surface area contributed by atoms with E-state index in [9.17, 15) is 13.2 Å². The normalized spacial score (nSPS) is 23.5. The zero-order chi connectivity index (χ0) is 24.3. The van der Waals surface area contributed by atoms with Gasteiger partial charge in [-0.3, -0.25) is 4.79 Å². The Balaban J connectivity index is 1.50. The Bertz CT molecular complexity index is 1100. The van der Waals surface area contributed by atoms with Crippen LogP contribution in [0.2, 0.25) is 0 Å². The molecule has 2 fully saturated rings. The molecule has 1 amide bonds. The summed E-state index contributed by atoms with van der Waals surface area (Å²) in [5.74, 6) is -0.336. The fourth-order valence-electron chi connectivity index (χ4n) is 5.01. The molecule has 0 saturated carbocycles. The van der Waals surface area contributed by atoms with Crippen molar-refractivity contribution in [1.82, 2.24) is 9.21 Å². The fraction of sp³-hybridized carbons (Fsp3) is 0.500. The number of carbonyl (C=O) groups excluding carboxylic acids is 1. The van der Waals surface area contributed by atoms with Crippen LogP contribution in [0, 0.1) is 5.82 Å². The minimum atomic E-state index is -3.59. The van der Waals surface area contributed by atoms with Crippen LogP contribution in [0.4, 0.5) is 10.1 Å². The summed E-state index contributed by atoms with van der Waals surface area (Å²) in [5, 5.41) is -0.500. The summed E-state index contributed by atoms with van der Waals surface area (Å²) in [6.45, 7) is 6.05. The first-order chi connectivity index (χ1) is 16.3. The molecular formula is C26H34FN3O3S. The van der Waals surface area contributed by atoms with Gasteiger partial charge in [-0.15, -0.1) is 0 Å². The molecule has 2 saturated heterocycles. The predicted molar refractivity (Wildman–Crippen MR) is 133 cm³/mol. The molecule has 8 heteroatoms. The molecule has 34 heavy (non-hydrogen) atoms. The quantitative estimate of drug-likeness (QED) is 0.644. The number of anilines is 1. The number of halogens is 1. The van der Waals surface area contributed by atoms with Gasteiger partial charge in [0.05, 0.1) is 5.25 Å². The third-order valence-electron chi connectivity index (χ3n) is 7.15. The van der Waals surface area contributed by atoms with Crippen LogP contribution in [0.5, 0.6) is 0 Å². The molecule has 2 aromatic carbocycles. The lowest BCUT2D eigenvalue weighted by molar-refractivity contribution is -0.129. The van der Waals surface area contributed by atoms with Crippen molar-refractivity contribution < 1.29 is 17.6 Å². The average molecular weight is 488 g/mol. The van der Waals surface area contributed by atoms with E-state index in [2.05, 4.69) is 4.90 Å². The van der Waals surface area contributed by atoms with Crippen molar-refractivity contribution in [3.8, 4) is 0 Å². The van der Waals surface area contributed by atoms with Gasteiger partial charge in [0.15, 0.2) is 0 Å². The van der Waals surface area contributed by atoms with Crippen molar-refractivity contribution in [2.45, 2.75) is 57.4 Å². The van der Waals surface area contributed by atoms with Gasteiger partial charge in [-0.25, -0.2) is 12.8 Å². The standard InChI is InChI=1S/C26H34FN3O3S/c1-20-7-6-10-25(17-22-8-4-3-5-9-22)34(32,33)30(20)19-23-11-12-24(18-26(23)27)29-15-13-28(14-16-29)21(2)31/h3-5,8-9,11-12,18,20,25H,6-7,10,13-17,19H2,1-2H3. The van der Waals surface area contributed by atoms with Crippen LogP contribution in [-0.2, 0) is 27.8 Å². The zero-order valence-corrected chi connectivity index (χ0v) is 20.8. The van der Waals surface area contributed by atoms with E-state index >= 15 is 4.39 Å². The van der Waals surface area contributed by atoms with E-state index in [-0.39, 0.29) is 18.5 Å². The lowest BCUT2D eigenvalue weighted by atomic mass is 10.0. The molecule has 2 aromatic rings. The van der Waals surface area contributed by atoms with Gasteiger partial charge in [-0.1, -0.05) is 42.8 Å². The van der Waals surface area contributed by atoms with Gasteiger partial charge in [-0.05, 0) is 43.9 Å². The highest BCUT2D eigenvalue weighted by atomic mass is 32.2. The monoisotopic (exact) mass is 487 g/mol. The molecule has 0 N–H and O–H groups in total. The highest BCUT2D eigenvalue weighted by molar-refractivity contribution is 7.89. The molecular weight excluding hydrogens is 453 g/mol. The first kappa shape index (κ1) is 24.7. The van der Waals surface area contributed by atoms with E-state index in [0.29, 0.717) is 44.6 Å². The lowest BCUT2D eigenvalue weighted by Crippen LogP contribution is -2.48. The Hall–Kier alpha value is -2.45. The van der Waals surface area contributed by atoms with Gasteiger partial charge in [0.2, 0.25) is 15.9 Å². The summed E-state index contributed by atoms with van der Waals surface area (Å²) in [7, 11) is -3.59. The highest BCUT2D eigenvalue weighted by Gasteiger charge is 2.37. The summed E-state index contributed by atoms with van der Waals surface area (Å²) in [6.07, 6.45) is 2.69. The van der Waals surface area contributed by atoms with Crippen LogP contribution >= 0.6 is 0 Å². The van der Waals surface area contributed by atoms with Gasteiger partial charge in [0.1, 0.15) is 5.82 Å². The molecule has 2 aliphatic heterocycles. The minimum absolute atomic E-state index is 0.0407. The number of carbonyl (C=O) groups is 1. The number of piperazine rings is 1. The van der Waals surface area contributed by atoms with Gasteiger partial charge < -0.3 is 9.80 Å². The number of rotatable bonds is 5. The van der Waals surface area contributed by atoms with E-state index < -0.39 is 21.1 Å². The molecule has 0 radical (unpaired) electrons.